The van der Waals surface area contributed by atoms with E-state index in [-0.39, 0.29) is 11.2 Å². The zero-order valence-corrected chi connectivity index (χ0v) is 15.1. The molecule has 0 aliphatic carbocycles. The lowest BCUT2D eigenvalue weighted by atomic mass is 10.2. The van der Waals surface area contributed by atoms with Gasteiger partial charge in [0.15, 0.2) is 5.82 Å². The number of thioether (sulfide) groups is 1. The van der Waals surface area contributed by atoms with Crippen molar-refractivity contribution in [2.24, 2.45) is 0 Å². The summed E-state index contributed by atoms with van der Waals surface area (Å²) < 4.78 is 0. The monoisotopic (exact) mass is 372 g/mol. The normalized spacial score (nSPS) is 11.9. The van der Waals surface area contributed by atoms with Gasteiger partial charge < -0.3 is 5.32 Å². The summed E-state index contributed by atoms with van der Waals surface area (Å²) in [6.45, 7) is 2.30. The fourth-order valence-corrected chi connectivity index (χ4v) is 3.05. The first-order valence-electron chi connectivity index (χ1n) is 7.78. The molecule has 0 aliphatic heterocycles. The maximum absolute atomic E-state index is 12.2. The van der Waals surface area contributed by atoms with Crippen LogP contribution in [-0.4, -0.2) is 26.3 Å². The Balaban J connectivity index is 1.54. The van der Waals surface area contributed by atoms with Crippen LogP contribution in [0.2, 0.25) is 5.02 Å². The maximum Gasteiger partial charge on any atom is 0.233 e. The van der Waals surface area contributed by atoms with Crippen molar-refractivity contribution < 1.29 is 4.79 Å². The molecule has 3 aromatic rings. The largest absolute Gasteiger partial charge is 0.351 e. The number of rotatable bonds is 6. The second-order valence-electron chi connectivity index (χ2n) is 5.44. The Morgan fingerprint density at radius 2 is 1.92 bits per heavy atom. The van der Waals surface area contributed by atoms with Gasteiger partial charge in [-0.25, -0.2) is 4.98 Å². The summed E-state index contributed by atoms with van der Waals surface area (Å²) in [6, 6.07) is 17.1. The van der Waals surface area contributed by atoms with Crippen LogP contribution in [0.3, 0.4) is 0 Å². The summed E-state index contributed by atoms with van der Waals surface area (Å²) >= 11 is 7.17. The molecule has 1 amide bonds. The van der Waals surface area contributed by atoms with E-state index in [1.165, 1.54) is 11.8 Å². The first-order chi connectivity index (χ1) is 12.1. The quantitative estimate of drug-likeness (QED) is 0.643. The van der Waals surface area contributed by atoms with Crippen LogP contribution >= 0.6 is 23.4 Å². The Kier molecular flexibility index (Phi) is 5.73. The first-order valence-corrected chi connectivity index (χ1v) is 9.04. The molecule has 1 aromatic heterocycles. The van der Waals surface area contributed by atoms with Gasteiger partial charge in [0.05, 0.1) is 5.25 Å². The highest BCUT2D eigenvalue weighted by Crippen LogP contribution is 2.22. The predicted octanol–water partition coefficient (Wildman–Crippen LogP) is 3.92. The van der Waals surface area contributed by atoms with Crippen LogP contribution in [0.4, 0.5) is 0 Å². The molecule has 1 heterocycles. The smallest absolute Gasteiger partial charge is 0.233 e. The molecule has 2 N–H and O–H groups in total. The van der Waals surface area contributed by atoms with Crippen LogP contribution < -0.4 is 5.32 Å². The standard InChI is InChI=1S/C18H17ClN4OS/c1-12(17(24)20-11-13-7-9-15(19)10-8-13)25-18-21-16(22-23-18)14-5-3-2-4-6-14/h2-10,12H,11H2,1H3,(H,20,24)(H,21,22,23)/t12-/m0/s1. The highest BCUT2D eigenvalue weighted by molar-refractivity contribution is 8.00. The Morgan fingerprint density at radius 3 is 2.64 bits per heavy atom. The number of aromatic nitrogens is 3. The van der Waals surface area contributed by atoms with Crippen molar-refractivity contribution in [1.82, 2.24) is 20.5 Å². The summed E-state index contributed by atoms with van der Waals surface area (Å²) in [5.74, 6) is 0.628. The van der Waals surface area contributed by atoms with Crippen LogP contribution in [-0.2, 0) is 11.3 Å². The van der Waals surface area contributed by atoms with E-state index in [0.717, 1.165) is 11.1 Å². The van der Waals surface area contributed by atoms with E-state index in [1.807, 2.05) is 49.4 Å². The van der Waals surface area contributed by atoms with E-state index < -0.39 is 0 Å². The number of aromatic amines is 1. The van der Waals surface area contributed by atoms with Gasteiger partial charge in [0.1, 0.15) is 0 Å². The fraction of sp³-hybridized carbons (Fsp3) is 0.167. The number of amides is 1. The van der Waals surface area contributed by atoms with Crippen LogP contribution in [0.25, 0.3) is 11.4 Å². The van der Waals surface area contributed by atoms with E-state index in [1.54, 1.807) is 12.1 Å². The fourth-order valence-electron chi connectivity index (χ4n) is 2.17. The average molecular weight is 373 g/mol. The van der Waals surface area contributed by atoms with Crippen molar-refractivity contribution in [3.63, 3.8) is 0 Å². The summed E-state index contributed by atoms with van der Waals surface area (Å²) in [5, 5.41) is 10.9. The van der Waals surface area contributed by atoms with E-state index in [0.29, 0.717) is 22.5 Å². The predicted molar refractivity (Wildman–Crippen MR) is 100 cm³/mol. The first kappa shape index (κ1) is 17.5. The van der Waals surface area contributed by atoms with Crippen molar-refractivity contribution in [3.05, 3.63) is 65.2 Å². The topological polar surface area (TPSA) is 70.7 Å². The minimum absolute atomic E-state index is 0.0639. The molecule has 0 saturated heterocycles. The van der Waals surface area contributed by atoms with E-state index >= 15 is 0 Å². The third-order valence-electron chi connectivity index (χ3n) is 3.54. The van der Waals surface area contributed by atoms with E-state index in [4.69, 9.17) is 11.6 Å². The second-order valence-corrected chi connectivity index (χ2v) is 7.18. The maximum atomic E-state index is 12.2. The molecule has 0 radical (unpaired) electrons. The molecule has 5 nitrogen and oxygen atoms in total. The molecule has 0 bridgehead atoms. The molecule has 25 heavy (non-hydrogen) atoms. The Bertz CT molecular complexity index is 836. The lowest BCUT2D eigenvalue weighted by Crippen LogP contribution is -2.30. The number of nitrogens with zero attached hydrogens (tertiary/aromatic N) is 2. The minimum Gasteiger partial charge on any atom is -0.351 e. The van der Waals surface area contributed by atoms with Crippen LogP contribution in [0.1, 0.15) is 12.5 Å². The average Bonchev–Trinajstić information content (AvgIpc) is 3.10. The summed E-state index contributed by atoms with van der Waals surface area (Å²) in [4.78, 5) is 16.7. The van der Waals surface area contributed by atoms with Crippen LogP contribution in [0.15, 0.2) is 59.8 Å². The van der Waals surface area contributed by atoms with Gasteiger partial charge in [-0.2, -0.15) is 0 Å². The zero-order valence-electron chi connectivity index (χ0n) is 13.6. The molecule has 1 atom stereocenters. The Labute approximate surface area is 155 Å². The number of hydrogen-bond donors (Lipinski definition) is 2. The number of carbonyl (C=O) groups is 1. The van der Waals surface area contributed by atoms with Crippen molar-refractivity contribution >= 4 is 29.3 Å². The lowest BCUT2D eigenvalue weighted by molar-refractivity contribution is -0.120. The van der Waals surface area contributed by atoms with Gasteiger partial charge in [0.2, 0.25) is 11.1 Å². The number of halogens is 1. The summed E-state index contributed by atoms with van der Waals surface area (Å²) in [5.41, 5.74) is 1.96. The van der Waals surface area contributed by atoms with E-state index in [2.05, 4.69) is 20.5 Å². The number of carbonyl (C=O) groups excluding carboxylic acids is 1. The van der Waals surface area contributed by atoms with Crippen molar-refractivity contribution in [3.8, 4) is 11.4 Å². The van der Waals surface area contributed by atoms with Crippen LogP contribution in [0.5, 0.6) is 0 Å². The van der Waals surface area contributed by atoms with Crippen molar-refractivity contribution in [2.75, 3.05) is 0 Å². The van der Waals surface area contributed by atoms with Gasteiger partial charge in [-0.3, -0.25) is 9.89 Å². The number of nitrogens with one attached hydrogen (secondary N) is 2. The molecule has 128 valence electrons. The highest BCUT2D eigenvalue weighted by atomic mass is 35.5. The number of hydrogen-bond acceptors (Lipinski definition) is 4. The third kappa shape index (κ3) is 4.84. The Morgan fingerprint density at radius 1 is 1.20 bits per heavy atom. The third-order valence-corrected chi connectivity index (χ3v) is 4.76. The van der Waals surface area contributed by atoms with Gasteiger partial charge in [-0.1, -0.05) is 65.8 Å². The molecular weight excluding hydrogens is 356 g/mol. The molecule has 0 unspecified atom stereocenters. The Hall–Kier alpha value is -2.31. The SMILES string of the molecule is C[C@H](Sc1n[nH]c(-c2ccccc2)n1)C(=O)NCc1ccc(Cl)cc1. The van der Waals surface area contributed by atoms with Gasteiger partial charge in [-0.15, -0.1) is 5.10 Å². The molecule has 0 saturated carbocycles. The van der Waals surface area contributed by atoms with Crippen LogP contribution in [0, 0.1) is 0 Å². The van der Waals surface area contributed by atoms with Gasteiger partial charge in [0.25, 0.3) is 0 Å². The molecule has 7 heteroatoms. The molecular formula is C18H17ClN4OS. The molecule has 0 fully saturated rings. The minimum atomic E-state index is -0.299. The molecule has 2 aromatic carbocycles. The molecule has 3 rings (SSSR count). The van der Waals surface area contributed by atoms with E-state index in [9.17, 15) is 4.79 Å². The van der Waals surface area contributed by atoms with Gasteiger partial charge in [0, 0.05) is 17.1 Å². The zero-order chi connectivity index (χ0) is 17.6. The van der Waals surface area contributed by atoms with Crippen molar-refractivity contribution in [2.45, 2.75) is 23.9 Å². The lowest BCUT2D eigenvalue weighted by Gasteiger charge is -2.10. The highest BCUT2D eigenvalue weighted by Gasteiger charge is 2.17. The van der Waals surface area contributed by atoms with Crippen molar-refractivity contribution in [1.29, 1.82) is 0 Å². The summed E-state index contributed by atoms with van der Waals surface area (Å²) in [7, 11) is 0. The van der Waals surface area contributed by atoms with Gasteiger partial charge >= 0.3 is 0 Å². The second kappa shape index (κ2) is 8.18. The number of H-pyrrole nitrogens is 1. The molecule has 0 spiro atoms. The van der Waals surface area contributed by atoms with Gasteiger partial charge in [-0.05, 0) is 24.6 Å². The molecule has 0 aliphatic rings. The number of benzene rings is 2. The summed E-state index contributed by atoms with van der Waals surface area (Å²) in [6.07, 6.45) is 0.